The second kappa shape index (κ2) is 9.83. The molecule has 0 unspecified atom stereocenters. The summed E-state index contributed by atoms with van der Waals surface area (Å²) in [6, 6.07) is 6.21. The monoisotopic (exact) mass is 378 g/mol. The molecule has 150 valence electrons. The molecule has 0 aliphatic carbocycles. The van der Waals surface area contributed by atoms with Crippen LogP contribution in [0, 0.1) is 11.2 Å². The zero-order chi connectivity index (χ0) is 19.9. The summed E-state index contributed by atoms with van der Waals surface area (Å²) in [6.45, 7) is 9.15. The van der Waals surface area contributed by atoms with Gasteiger partial charge in [0.1, 0.15) is 5.82 Å². The number of benzene rings is 1. The third kappa shape index (κ3) is 5.51. The number of amides is 1. The van der Waals surface area contributed by atoms with Crippen molar-refractivity contribution in [1.29, 1.82) is 0 Å². The lowest BCUT2D eigenvalue weighted by Crippen LogP contribution is -2.53. The van der Waals surface area contributed by atoms with Gasteiger partial charge in [0.25, 0.3) is 0 Å². The molecule has 1 saturated heterocycles. The molecule has 1 fully saturated rings. The quantitative estimate of drug-likeness (QED) is 0.653. The molecule has 0 spiro atoms. The van der Waals surface area contributed by atoms with Crippen LogP contribution in [0.2, 0.25) is 0 Å². The molecule has 5 nitrogen and oxygen atoms in total. The highest BCUT2D eigenvalue weighted by molar-refractivity contribution is 5.82. The Labute approximate surface area is 161 Å². The van der Waals surface area contributed by atoms with Crippen LogP contribution in [0.4, 0.5) is 4.39 Å². The van der Waals surface area contributed by atoms with Gasteiger partial charge in [0, 0.05) is 13.1 Å². The molecule has 0 radical (unpaired) electrons. The summed E-state index contributed by atoms with van der Waals surface area (Å²) in [7, 11) is 0. The molecule has 1 aliphatic rings. The maximum absolute atomic E-state index is 13.2. The smallest absolute Gasteiger partial charge is 0.314 e. The van der Waals surface area contributed by atoms with E-state index in [2.05, 4.69) is 4.90 Å². The summed E-state index contributed by atoms with van der Waals surface area (Å²) in [5.41, 5.74) is 0.105. The molecule has 0 aromatic heterocycles. The lowest BCUT2D eigenvalue weighted by atomic mass is 9.75. The number of carbonyl (C=O) groups excluding carboxylic acids is 2. The Morgan fingerprint density at radius 2 is 1.85 bits per heavy atom. The number of rotatable bonds is 8. The van der Waals surface area contributed by atoms with Crippen molar-refractivity contribution in [1.82, 2.24) is 9.80 Å². The number of ether oxygens (including phenoxy) is 1. The van der Waals surface area contributed by atoms with Crippen LogP contribution in [0.3, 0.4) is 0 Å². The summed E-state index contributed by atoms with van der Waals surface area (Å²) < 4.78 is 18.6. The number of likely N-dealkylation sites (tertiary alicyclic amines) is 1. The van der Waals surface area contributed by atoms with Crippen molar-refractivity contribution in [3.8, 4) is 0 Å². The topological polar surface area (TPSA) is 49.9 Å². The lowest BCUT2D eigenvalue weighted by molar-refractivity contribution is -0.161. The molecule has 1 atom stereocenters. The van der Waals surface area contributed by atoms with E-state index in [1.165, 1.54) is 12.1 Å². The van der Waals surface area contributed by atoms with Gasteiger partial charge in [0.2, 0.25) is 5.91 Å². The third-order valence-corrected chi connectivity index (χ3v) is 5.35. The number of nitrogens with zero attached hydrogens (tertiary/aromatic N) is 2. The third-order valence-electron chi connectivity index (χ3n) is 5.35. The van der Waals surface area contributed by atoms with Crippen LogP contribution in [0.25, 0.3) is 0 Å². The second-order valence-electron chi connectivity index (χ2n) is 7.18. The Kier molecular flexibility index (Phi) is 7.78. The van der Waals surface area contributed by atoms with Crippen LogP contribution in [0.15, 0.2) is 24.3 Å². The first-order chi connectivity index (χ1) is 12.9. The fourth-order valence-corrected chi connectivity index (χ4v) is 3.74. The van der Waals surface area contributed by atoms with Crippen molar-refractivity contribution in [3.63, 3.8) is 0 Å². The Hall–Kier alpha value is -1.95. The van der Waals surface area contributed by atoms with Gasteiger partial charge in [-0.15, -0.1) is 0 Å². The minimum absolute atomic E-state index is 0.0474. The highest BCUT2D eigenvalue weighted by Crippen LogP contribution is 2.35. The Morgan fingerprint density at radius 3 is 2.44 bits per heavy atom. The normalized spacial score (nSPS) is 20.0. The maximum atomic E-state index is 13.2. The van der Waals surface area contributed by atoms with E-state index < -0.39 is 5.41 Å². The van der Waals surface area contributed by atoms with Crippen molar-refractivity contribution in [2.75, 3.05) is 39.3 Å². The van der Waals surface area contributed by atoms with E-state index in [9.17, 15) is 14.0 Å². The van der Waals surface area contributed by atoms with E-state index in [0.717, 1.165) is 25.1 Å². The predicted molar refractivity (Wildman–Crippen MR) is 103 cm³/mol. The minimum atomic E-state index is -0.773. The molecule has 27 heavy (non-hydrogen) atoms. The molecule has 0 bridgehead atoms. The molecule has 1 heterocycles. The average Bonchev–Trinajstić information content (AvgIpc) is 2.68. The van der Waals surface area contributed by atoms with Gasteiger partial charge in [-0.25, -0.2) is 4.39 Å². The molecule has 0 saturated carbocycles. The van der Waals surface area contributed by atoms with Gasteiger partial charge in [0.15, 0.2) is 0 Å². The highest BCUT2D eigenvalue weighted by Gasteiger charge is 2.44. The largest absolute Gasteiger partial charge is 0.466 e. The van der Waals surface area contributed by atoms with Gasteiger partial charge in [-0.1, -0.05) is 26.0 Å². The zero-order valence-electron chi connectivity index (χ0n) is 16.7. The minimum Gasteiger partial charge on any atom is -0.466 e. The summed E-state index contributed by atoms with van der Waals surface area (Å²) in [6.07, 6.45) is 1.86. The lowest BCUT2D eigenvalue weighted by Gasteiger charge is -2.41. The van der Waals surface area contributed by atoms with Crippen molar-refractivity contribution < 1.29 is 18.7 Å². The standard InChI is InChI=1S/C21H31FN2O3/c1-4-23(5-2)15-19(25)24-13-7-12-21(16-24,20(26)27-6-3)14-17-8-10-18(22)11-9-17/h8-11H,4-7,12-16H2,1-3H3/t21-/m1/s1. The van der Waals surface area contributed by atoms with E-state index >= 15 is 0 Å². The molecule has 0 N–H and O–H groups in total. The fraction of sp³-hybridized carbons (Fsp3) is 0.619. The van der Waals surface area contributed by atoms with Crippen LogP contribution in [0.5, 0.6) is 0 Å². The summed E-state index contributed by atoms with van der Waals surface area (Å²) in [4.78, 5) is 29.5. The number of esters is 1. The van der Waals surface area contributed by atoms with Gasteiger partial charge in [-0.3, -0.25) is 14.5 Å². The molecular weight excluding hydrogens is 347 g/mol. The number of piperidine rings is 1. The Morgan fingerprint density at radius 1 is 1.19 bits per heavy atom. The van der Waals surface area contributed by atoms with Gasteiger partial charge in [-0.2, -0.15) is 0 Å². The molecule has 1 aromatic carbocycles. The van der Waals surface area contributed by atoms with Crippen molar-refractivity contribution in [2.45, 2.75) is 40.0 Å². The van der Waals surface area contributed by atoms with Crippen LogP contribution in [-0.4, -0.2) is 61.0 Å². The van der Waals surface area contributed by atoms with Crippen molar-refractivity contribution >= 4 is 11.9 Å². The van der Waals surface area contributed by atoms with Crippen LogP contribution in [0.1, 0.15) is 39.2 Å². The molecule has 6 heteroatoms. The number of carbonyl (C=O) groups is 2. The Balaban J connectivity index is 2.20. The number of likely N-dealkylation sites (N-methyl/N-ethyl adjacent to an activating group) is 1. The van der Waals surface area contributed by atoms with E-state index in [4.69, 9.17) is 4.74 Å². The van der Waals surface area contributed by atoms with Crippen molar-refractivity contribution in [2.24, 2.45) is 5.41 Å². The average molecular weight is 378 g/mol. The summed E-state index contributed by atoms with van der Waals surface area (Å²) >= 11 is 0. The molecule has 1 amide bonds. The first kappa shape index (κ1) is 21.4. The van der Waals surface area contributed by atoms with Crippen LogP contribution >= 0.6 is 0 Å². The van der Waals surface area contributed by atoms with Gasteiger partial charge in [-0.05, 0) is 57.0 Å². The molecule has 2 rings (SSSR count). The van der Waals surface area contributed by atoms with E-state index in [0.29, 0.717) is 39.1 Å². The molecular formula is C21H31FN2O3. The SMILES string of the molecule is CCOC(=O)[C@@]1(Cc2ccc(F)cc2)CCCN(C(=O)CN(CC)CC)C1. The molecule has 1 aliphatic heterocycles. The highest BCUT2D eigenvalue weighted by atomic mass is 19.1. The van der Waals surface area contributed by atoms with Gasteiger partial charge < -0.3 is 9.64 Å². The van der Waals surface area contributed by atoms with E-state index in [1.54, 1.807) is 24.0 Å². The zero-order valence-corrected chi connectivity index (χ0v) is 16.7. The molecule has 1 aromatic rings. The van der Waals surface area contributed by atoms with Gasteiger partial charge in [0.05, 0.1) is 18.6 Å². The predicted octanol–water partition coefficient (Wildman–Crippen LogP) is 2.88. The Bertz CT molecular complexity index is 631. The summed E-state index contributed by atoms with van der Waals surface area (Å²) in [5.74, 6) is -0.524. The van der Waals surface area contributed by atoms with E-state index in [1.807, 2.05) is 13.8 Å². The van der Waals surface area contributed by atoms with Crippen LogP contribution in [-0.2, 0) is 20.7 Å². The number of hydrogen-bond donors (Lipinski definition) is 0. The number of hydrogen-bond acceptors (Lipinski definition) is 4. The first-order valence-corrected chi connectivity index (χ1v) is 9.86. The first-order valence-electron chi connectivity index (χ1n) is 9.86. The van der Waals surface area contributed by atoms with Crippen molar-refractivity contribution in [3.05, 3.63) is 35.6 Å². The maximum Gasteiger partial charge on any atom is 0.314 e. The number of halogens is 1. The van der Waals surface area contributed by atoms with Crippen LogP contribution < -0.4 is 0 Å². The second-order valence-corrected chi connectivity index (χ2v) is 7.18. The van der Waals surface area contributed by atoms with E-state index in [-0.39, 0.29) is 17.7 Å². The van der Waals surface area contributed by atoms with Gasteiger partial charge >= 0.3 is 5.97 Å². The summed E-state index contributed by atoms with van der Waals surface area (Å²) in [5, 5.41) is 0. The fourth-order valence-electron chi connectivity index (χ4n) is 3.74.